The summed E-state index contributed by atoms with van der Waals surface area (Å²) in [5.41, 5.74) is 2.32. The average molecular weight is 271 g/mol. The molecule has 0 aliphatic rings. The van der Waals surface area contributed by atoms with Crippen LogP contribution in [0.3, 0.4) is 0 Å². The van der Waals surface area contributed by atoms with Crippen molar-refractivity contribution in [2.75, 3.05) is 0 Å². The molecule has 0 unspecified atom stereocenters. The van der Waals surface area contributed by atoms with Crippen LogP contribution in [0.4, 0.5) is 0 Å². The van der Waals surface area contributed by atoms with Crippen molar-refractivity contribution >= 4 is 43.4 Å². The molecule has 0 fully saturated rings. The average Bonchev–Trinajstić information content (AvgIpc) is 2.13. The Labute approximate surface area is 74.9 Å². The molecule has 0 aliphatic heterocycles. The third-order valence-corrected chi connectivity index (χ3v) is 2.75. The van der Waals surface area contributed by atoms with Crippen LogP contribution in [-0.4, -0.2) is 4.37 Å². The van der Waals surface area contributed by atoms with Crippen LogP contribution >= 0.6 is 43.4 Å². The number of nitrogens with zero attached hydrogens (tertiary/aromatic N) is 1. The van der Waals surface area contributed by atoms with Gasteiger partial charge in [0.2, 0.25) is 0 Å². The molecule has 0 aromatic carbocycles. The highest BCUT2D eigenvalue weighted by atomic mass is 79.9. The molecule has 0 bridgehead atoms. The van der Waals surface area contributed by atoms with Crippen LogP contribution < -0.4 is 0 Å². The molecule has 1 rings (SSSR count). The van der Waals surface area contributed by atoms with Crippen LogP contribution in [0.5, 0.6) is 0 Å². The van der Waals surface area contributed by atoms with Gasteiger partial charge in [-0.05, 0) is 18.5 Å². The lowest BCUT2D eigenvalue weighted by molar-refractivity contribution is 1.26. The molecule has 50 valence electrons. The molecule has 0 atom stereocenters. The largest absolute Gasteiger partial charge is 0.198 e. The first-order valence-electron chi connectivity index (χ1n) is 2.41. The zero-order valence-electron chi connectivity index (χ0n) is 4.77. The van der Waals surface area contributed by atoms with Crippen molar-refractivity contribution in [3.63, 3.8) is 0 Å². The van der Waals surface area contributed by atoms with Crippen LogP contribution in [0.25, 0.3) is 0 Å². The van der Waals surface area contributed by atoms with E-state index in [-0.39, 0.29) is 3.74 Å². The maximum Gasteiger partial charge on any atom is 0.0972 e. The van der Waals surface area contributed by atoms with Crippen molar-refractivity contribution in [3.05, 3.63) is 16.6 Å². The van der Waals surface area contributed by atoms with Gasteiger partial charge in [-0.25, -0.2) is 0 Å². The number of alkyl halides is 2. The van der Waals surface area contributed by atoms with E-state index < -0.39 is 0 Å². The highest BCUT2D eigenvalue weighted by Gasteiger charge is 2.06. The fourth-order valence-electron chi connectivity index (χ4n) is 0.510. The summed E-state index contributed by atoms with van der Waals surface area (Å²) in [4.78, 5) is 0. The quantitative estimate of drug-likeness (QED) is 0.714. The zero-order valence-corrected chi connectivity index (χ0v) is 8.75. The number of hydrogen-bond acceptors (Lipinski definition) is 2. The van der Waals surface area contributed by atoms with Gasteiger partial charge < -0.3 is 0 Å². The van der Waals surface area contributed by atoms with E-state index in [0.29, 0.717) is 0 Å². The predicted molar refractivity (Wildman–Crippen MR) is 47.4 cm³/mol. The maximum absolute atomic E-state index is 4.12. The Balaban J connectivity index is 2.94. The van der Waals surface area contributed by atoms with Gasteiger partial charge in [-0.1, -0.05) is 31.9 Å². The fourth-order valence-corrected chi connectivity index (χ4v) is 2.52. The Morgan fingerprint density at radius 2 is 2.33 bits per heavy atom. The molecule has 0 saturated carbocycles. The maximum atomic E-state index is 4.12. The Bertz CT molecular complexity index is 197. The molecular formula is C5H5Br2NS. The molecule has 1 nitrogen and oxygen atoms in total. The van der Waals surface area contributed by atoms with Crippen molar-refractivity contribution < 1.29 is 0 Å². The molecule has 0 saturated heterocycles. The standard InChI is InChI=1S/C5H5Br2NS/c1-3-4(5(6)7)2-9-8-3/h2,5H,1H3. The molecule has 1 aromatic rings. The molecule has 0 N–H and O–H groups in total. The Morgan fingerprint density at radius 1 is 1.67 bits per heavy atom. The van der Waals surface area contributed by atoms with Gasteiger partial charge in [-0.3, -0.25) is 0 Å². The van der Waals surface area contributed by atoms with Crippen molar-refractivity contribution in [1.29, 1.82) is 0 Å². The number of aromatic nitrogens is 1. The second-order valence-electron chi connectivity index (χ2n) is 1.66. The van der Waals surface area contributed by atoms with Crippen molar-refractivity contribution in [3.8, 4) is 0 Å². The predicted octanol–water partition coefficient (Wildman–Crippen LogP) is 3.24. The monoisotopic (exact) mass is 269 g/mol. The zero-order chi connectivity index (χ0) is 6.85. The van der Waals surface area contributed by atoms with Gasteiger partial charge in [0.25, 0.3) is 0 Å². The molecular weight excluding hydrogens is 266 g/mol. The van der Waals surface area contributed by atoms with E-state index in [9.17, 15) is 0 Å². The van der Waals surface area contributed by atoms with E-state index in [4.69, 9.17) is 0 Å². The van der Waals surface area contributed by atoms with Gasteiger partial charge in [0.15, 0.2) is 0 Å². The van der Waals surface area contributed by atoms with Crippen LogP contribution in [0.2, 0.25) is 0 Å². The highest BCUT2D eigenvalue weighted by Crippen LogP contribution is 2.31. The summed E-state index contributed by atoms with van der Waals surface area (Å²) < 4.78 is 4.37. The number of rotatable bonds is 1. The summed E-state index contributed by atoms with van der Waals surface area (Å²) in [6.07, 6.45) is 0. The van der Waals surface area contributed by atoms with E-state index in [1.165, 1.54) is 17.1 Å². The Kier molecular flexibility index (Phi) is 2.67. The summed E-state index contributed by atoms with van der Waals surface area (Å²) in [5.74, 6) is 0. The molecule has 1 heterocycles. The summed E-state index contributed by atoms with van der Waals surface area (Å²) in [7, 11) is 0. The highest BCUT2D eigenvalue weighted by molar-refractivity contribution is 9.24. The second kappa shape index (κ2) is 3.12. The number of hydrogen-bond donors (Lipinski definition) is 0. The minimum Gasteiger partial charge on any atom is -0.198 e. The van der Waals surface area contributed by atoms with Gasteiger partial charge in [0.05, 0.1) is 9.43 Å². The van der Waals surface area contributed by atoms with E-state index in [2.05, 4.69) is 36.2 Å². The third kappa shape index (κ3) is 1.75. The lowest BCUT2D eigenvalue weighted by atomic mass is 10.3. The minimum atomic E-state index is 0.253. The van der Waals surface area contributed by atoms with E-state index in [1.807, 2.05) is 12.3 Å². The van der Waals surface area contributed by atoms with Crippen molar-refractivity contribution in [2.24, 2.45) is 0 Å². The van der Waals surface area contributed by atoms with Crippen molar-refractivity contribution in [2.45, 2.75) is 10.7 Å². The molecule has 0 spiro atoms. The lowest BCUT2D eigenvalue weighted by Gasteiger charge is -1.95. The molecule has 0 amide bonds. The first kappa shape index (κ1) is 7.69. The van der Waals surface area contributed by atoms with Gasteiger partial charge in [-0.2, -0.15) is 4.37 Å². The topological polar surface area (TPSA) is 12.9 Å². The SMILES string of the molecule is Cc1nscc1C(Br)Br. The van der Waals surface area contributed by atoms with Gasteiger partial charge in [0.1, 0.15) is 0 Å². The van der Waals surface area contributed by atoms with Crippen LogP contribution in [0, 0.1) is 6.92 Å². The van der Waals surface area contributed by atoms with Crippen molar-refractivity contribution in [1.82, 2.24) is 4.37 Å². The first-order valence-corrected chi connectivity index (χ1v) is 5.07. The first-order chi connectivity index (χ1) is 4.22. The Morgan fingerprint density at radius 3 is 2.56 bits per heavy atom. The Hall–Kier alpha value is 0.590. The van der Waals surface area contributed by atoms with E-state index >= 15 is 0 Å². The minimum absolute atomic E-state index is 0.253. The number of halogens is 2. The van der Waals surface area contributed by atoms with Crippen LogP contribution in [-0.2, 0) is 0 Å². The fraction of sp³-hybridized carbons (Fsp3) is 0.400. The van der Waals surface area contributed by atoms with Gasteiger partial charge >= 0.3 is 0 Å². The summed E-state index contributed by atoms with van der Waals surface area (Å²) in [6.45, 7) is 2.00. The van der Waals surface area contributed by atoms with Crippen LogP contribution in [0.15, 0.2) is 5.38 Å². The summed E-state index contributed by atoms with van der Waals surface area (Å²) in [5, 5.41) is 2.03. The molecule has 0 radical (unpaired) electrons. The second-order valence-corrected chi connectivity index (χ2v) is 5.35. The van der Waals surface area contributed by atoms with E-state index in [1.54, 1.807) is 0 Å². The molecule has 4 heteroatoms. The van der Waals surface area contributed by atoms with Crippen LogP contribution in [0.1, 0.15) is 15.0 Å². The smallest absolute Gasteiger partial charge is 0.0972 e. The lowest BCUT2D eigenvalue weighted by Crippen LogP contribution is -1.79. The number of aryl methyl sites for hydroxylation is 1. The van der Waals surface area contributed by atoms with Gasteiger partial charge in [0, 0.05) is 10.9 Å². The van der Waals surface area contributed by atoms with E-state index in [0.717, 1.165) is 5.69 Å². The summed E-state index contributed by atoms with van der Waals surface area (Å²) >= 11 is 8.28. The molecule has 0 aliphatic carbocycles. The molecule has 1 aromatic heterocycles. The third-order valence-electron chi connectivity index (χ3n) is 1.02. The summed E-state index contributed by atoms with van der Waals surface area (Å²) in [6, 6.07) is 0. The van der Waals surface area contributed by atoms with Gasteiger partial charge in [-0.15, -0.1) is 0 Å². The molecule has 9 heavy (non-hydrogen) atoms. The normalized spacial score (nSPS) is 10.7.